The first-order valence-corrected chi connectivity index (χ1v) is 7.40. The number of halogens is 2. The first-order valence-electron chi connectivity index (χ1n) is 5.16. The van der Waals surface area contributed by atoms with Gasteiger partial charge in [-0.15, -0.1) is 0 Å². The van der Waals surface area contributed by atoms with Crippen LogP contribution in [-0.4, -0.2) is 13.5 Å². The Labute approximate surface area is 120 Å². The van der Waals surface area contributed by atoms with Crippen molar-refractivity contribution in [3.8, 4) is 5.75 Å². The number of phenols is 1. The molecule has 0 bridgehead atoms. The fourth-order valence-electron chi connectivity index (χ4n) is 1.47. The average Bonchev–Trinajstić information content (AvgIpc) is 2.31. The van der Waals surface area contributed by atoms with Gasteiger partial charge in [0.05, 0.1) is 10.0 Å². The second-order valence-electron chi connectivity index (χ2n) is 3.70. The topological polar surface area (TPSA) is 66.4 Å². The summed E-state index contributed by atoms with van der Waals surface area (Å²) >= 11 is 11.7. The molecule has 0 aliphatic heterocycles. The maximum Gasteiger partial charge on any atom is 0.264 e. The van der Waals surface area contributed by atoms with E-state index in [1.54, 1.807) is 6.07 Å². The van der Waals surface area contributed by atoms with Crippen LogP contribution in [0.1, 0.15) is 0 Å². The summed E-state index contributed by atoms with van der Waals surface area (Å²) in [4.78, 5) is -0.175. The van der Waals surface area contributed by atoms with Crippen LogP contribution in [-0.2, 0) is 10.0 Å². The van der Waals surface area contributed by atoms with Gasteiger partial charge in [0.2, 0.25) is 0 Å². The van der Waals surface area contributed by atoms with Crippen molar-refractivity contribution in [3.63, 3.8) is 0 Å². The van der Waals surface area contributed by atoms with Gasteiger partial charge < -0.3 is 5.11 Å². The smallest absolute Gasteiger partial charge is 0.264 e. The molecule has 0 aliphatic carbocycles. The number of hydrogen-bond acceptors (Lipinski definition) is 3. The van der Waals surface area contributed by atoms with Crippen molar-refractivity contribution < 1.29 is 13.5 Å². The first-order chi connectivity index (χ1) is 8.90. The van der Waals surface area contributed by atoms with Crippen LogP contribution < -0.4 is 4.72 Å². The fraction of sp³-hybridized carbons (Fsp3) is 0. The summed E-state index contributed by atoms with van der Waals surface area (Å²) in [6, 6.07) is 10.0. The minimum atomic E-state index is -3.88. The van der Waals surface area contributed by atoms with Gasteiger partial charge >= 0.3 is 0 Å². The number of anilines is 1. The van der Waals surface area contributed by atoms with Crippen molar-refractivity contribution in [3.05, 3.63) is 52.5 Å². The zero-order chi connectivity index (χ0) is 14.0. The minimum absolute atomic E-state index is 0.0405. The molecule has 0 aromatic heterocycles. The largest absolute Gasteiger partial charge is 0.508 e. The zero-order valence-corrected chi connectivity index (χ0v) is 11.8. The van der Waals surface area contributed by atoms with Crippen LogP contribution in [0.4, 0.5) is 5.69 Å². The van der Waals surface area contributed by atoms with E-state index in [9.17, 15) is 8.42 Å². The number of benzene rings is 2. The molecule has 0 saturated carbocycles. The van der Waals surface area contributed by atoms with Crippen LogP contribution in [0.5, 0.6) is 5.75 Å². The summed E-state index contributed by atoms with van der Waals surface area (Å²) in [7, 11) is -3.88. The predicted octanol–water partition coefficient (Wildman–Crippen LogP) is 3.50. The Morgan fingerprint density at radius 3 is 2.00 bits per heavy atom. The molecule has 0 atom stereocenters. The molecule has 4 nitrogen and oxygen atoms in total. The van der Waals surface area contributed by atoms with Crippen molar-refractivity contribution in [1.29, 1.82) is 0 Å². The van der Waals surface area contributed by atoms with E-state index in [0.29, 0.717) is 5.69 Å². The summed E-state index contributed by atoms with van der Waals surface area (Å²) in [5.74, 6) is 0.0405. The summed E-state index contributed by atoms with van der Waals surface area (Å²) in [5, 5.41) is 9.22. The highest BCUT2D eigenvalue weighted by molar-refractivity contribution is 7.93. The third-order valence-electron chi connectivity index (χ3n) is 2.31. The second-order valence-corrected chi connectivity index (χ2v) is 6.14. The van der Waals surface area contributed by atoms with E-state index >= 15 is 0 Å². The molecule has 0 amide bonds. The van der Waals surface area contributed by atoms with Crippen molar-refractivity contribution in [2.24, 2.45) is 0 Å². The van der Waals surface area contributed by atoms with Crippen LogP contribution >= 0.6 is 23.2 Å². The Kier molecular flexibility index (Phi) is 3.89. The molecule has 0 spiro atoms. The van der Waals surface area contributed by atoms with Crippen LogP contribution in [0.15, 0.2) is 47.4 Å². The van der Waals surface area contributed by atoms with Gasteiger partial charge in [0, 0.05) is 5.69 Å². The van der Waals surface area contributed by atoms with E-state index in [2.05, 4.69) is 4.72 Å². The molecule has 2 aromatic rings. The van der Waals surface area contributed by atoms with Crippen molar-refractivity contribution in [2.75, 3.05) is 4.72 Å². The number of sulfonamides is 1. The van der Waals surface area contributed by atoms with E-state index < -0.39 is 10.0 Å². The number of rotatable bonds is 3. The molecule has 100 valence electrons. The van der Waals surface area contributed by atoms with E-state index in [1.165, 1.54) is 36.4 Å². The van der Waals surface area contributed by atoms with Gasteiger partial charge in [-0.25, -0.2) is 8.42 Å². The van der Waals surface area contributed by atoms with E-state index in [1.807, 2.05) is 0 Å². The third-order valence-corrected chi connectivity index (χ3v) is 4.64. The summed E-state index contributed by atoms with van der Waals surface area (Å²) < 4.78 is 26.7. The fourth-order valence-corrected chi connectivity index (χ4v) is 3.68. The Hall–Kier alpha value is -1.43. The van der Waals surface area contributed by atoms with Gasteiger partial charge in [0.1, 0.15) is 10.6 Å². The molecule has 2 aromatic carbocycles. The quantitative estimate of drug-likeness (QED) is 0.851. The molecule has 0 aliphatic rings. The molecule has 2 N–H and O–H groups in total. The van der Waals surface area contributed by atoms with Gasteiger partial charge in [-0.05, 0) is 36.4 Å². The Balaban J connectivity index is 2.41. The summed E-state index contributed by atoms with van der Waals surface area (Å²) in [5.41, 5.74) is 0.300. The highest BCUT2D eigenvalue weighted by atomic mass is 35.5. The number of nitrogens with one attached hydrogen (secondary N) is 1. The highest BCUT2D eigenvalue weighted by Gasteiger charge is 2.21. The van der Waals surface area contributed by atoms with Gasteiger partial charge in [-0.2, -0.15) is 0 Å². The van der Waals surface area contributed by atoms with Crippen molar-refractivity contribution in [1.82, 2.24) is 0 Å². The molecule has 7 heteroatoms. The molecule has 0 heterocycles. The monoisotopic (exact) mass is 317 g/mol. The van der Waals surface area contributed by atoms with Gasteiger partial charge in [0.15, 0.2) is 0 Å². The normalized spacial score (nSPS) is 11.3. The van der Waals surface area contributed by atoms with Crippen LogP contribution in [0.2, 0.25) is 10.0 Å². The third kappa shape index (κ3) is 3.12. The highest BCUT2D eigenvalue weighted by Crippen LogP contribution is 2.30. The second kappa shape index (κ2) is 5.28. The lowest BCUT2D eigenvalue weighted by Crippen LogP contribution is -2.13. The van der Waals surface area contributed by atoms with Crippen molar-refractivity contribution in [2.45, 2.75) is 4.90 Å². The average molecular weight is 318 g/mol. The molecule has 0 fully saturated rings. The SMILES string of the molecule is O=S(=O)(Nc1ccc(O)cc1)c1c(Cl)cccc1Cl. The lowest BCUT2D eigenvalue weighted by Gasteiger charge is -2.10. The van der Waals surface area contributed by atoms with E-state index in [-0.39, 0.29) is 20.7 Å². The van der Waals surface area contributed by atoms with E-state index in [0.717, 1.165) is 0 Å². The molecule has 0 unspecified atom stereocenters. The number of aromatic hydroxyl groups is 1. The molecule has 2 rings (SSSR count). The molecule has 0 saturated heterocycles. The van der Waals surface area contributed by atoms with Crippen LogP contribution in [0.25, 0.3) is 0 Å². The maximum absolute atomic E-state index is 12.2. The molecular formula is C12H9Cl2NO3S. The first kappa shape index (κ1) is 14.0. The summed E-state index contributed by atoms with van der Waals surface area (Å²) in [6.45, 7) is 0. The van der Waals surface area contributed by atoms with Crippen LogP contribution in [0, 0.1) is 0 Å². The molecule has 0 radical (unpaired) electrons. The van der Waals surface area contributed by atoms with Gasteiger partial charge in [-0.3, -0.25) is 4.72 Å². The number of phenolic OH excluding ortho intramolecular Hbond substituents is 1. The zero-order valence-electron chi connectivity index (χ0n) is 9.47. The lowest BCUT2D eigenvalue weighted by atomic mass is 10.3. The lowest BCUT2D eigenvalue weighted by molar-refractivity contribution is 0.475. The Morgan fingerprint density at radius 1 is 0.947 bits per heavy atom. The minimum Gasteiger partial charge on any atom is -0.508 e. The summed E-state index contributed by atoms with van der Waals surface area (Å²) in [6.07, 6.45) is 0. The van der Waals surface area contributed by atoms with E-state index in [4.69, 9.17) is 28.3 Å². The Morgan fingerprint density at radius 2 is 1.47 bits per heavy atom. The maximum atomic E-state index is 12.2. The number of hydrogen-bond donors (Lipinski definition) is 2. The van der Waals surface area contributed by atoms with Gasteiger partial charge in [0.25, 0.3) is 10.0 Å². The van der Waals surface area contributed by atoms with Crippen LogP contribution in [0.3, 0.4) is 0 Å². The van der Waals surface area contributed by atoms with Gasteiger partial charge in [-0.1, -0.05) is 29.3 Å². The predicted molar refractivity (Wildman–Crippen MR) is 75.4 cm³/mol. The molecular weight excluding hydrogens is 309 g/mol. The standard InChI is InChI=1S/C12H9Cl2NO3S/c13-10-2-1-3-11(14)12(10)19(17,18)15-8-4-6-9(16)7-5-8/h1-7,15-16H. The van der Waals surface area contributed by atoms with Crippen molar-refractivity contribution >= 4 is 38.9 Å². The Bertz CT molecular complexity index is 679. The molecule has 19 heavy (non-hydrogen) atoms.